The molecule has 0 atom stereocenters. The molecule has 150 valence electrons. The summed E-state index contributed by atoms with van der Waals surface area (Å²) in [5.41, 5.74) is -0.980. The Bertz CT molecular complexity index is 1350. The molecule has 1 aliphatic rings. The summed E-state index contributed by atoms with van der Waals surface area (Å²) in [7, 11) is 4.21. The van der Waals surface area contributed by atoms with E-state index in [4.69, 9.17) is 9.47 Å². The highest BCUT2D eigenvalue weighted by Crippen LogP contribution is 2.32. The second kappa shape index (κ2) is 6.66. The van der Waals surface area contributed by atoms with Crippen molar-refractivity contribution < 1.29 is 14.3 Å². The van der Waals surface area contributed by atoms with Crippen LogP contribution in [-0.2, 0) is 27.7 Å². The first-order chi connectivity index (χ1) is 13.8. The Labute approximate surface area is 163 Å². The number of nitrogens with zero attached hydrogens (tertiary/aromatic N) is 3. The molecular weight excluding hydrogens is 380 g/mol. The van der Waals surface area contributed by atoms with Gasteiger partial charge in [0.05, 0.1) is 10.9 Å². The van der Waals surface area contributed by atoms with Crippen LogP contribution < -0.4 is 31.6 Å². The van der Waals surface area contributed by atoms with Gasteiger partial charge < -0.3 is 14.8 Å². The third-order valence-electron chi connectivity index (χ3n) is 4.95. The van der Waals surface area contributed by atoms with Crippen LogP contribution in [0.1, 0.15) is 15.9 Å². The molecule has 1 aromatic carbocycles. The number of amides is 1. The minimum absolute atomic E-state index is 0.000105. The number of aryl methyl sites for hydroxylation is 2. The largest absolute Gasteiger partial charge is 0.454 e. The Morgan fingerprint density at radius 3 is 2.48 bits per heavy atom. The van der Waals surface area contributed by atoms with Crippen molar-refractivity contribution in [3.8, 4) is 11.5 Å². The first-order valence-corrected chi connectivity index (χ1v) is 8.76. The van der Waals surface area contributed by atoms with Gasteiger partial charge >= 0.3 is 5.69 Å². The number of fused-ring (bicyclic) bond motifs is 2. The van der Waals surface area contributed by atoms with Gasteiger partial charge in [-0.15, -0.1) is 0 Å². The zero-order chi connectivity index (χ0) is 20.9. The van der Waals surface area contributed by atoms with Crippen molar-refractivity contribution in [1.29, 1.82) is 0 Å². The van der Waals surface area contributed by atoms with Crippen LogP contribution in [0.5, 0.6) is 11.5 Å². The molecule has 0 aliphatic carbocycles. The van der Waals surface area contributed by atoms with Gasteiger partial charge in [-0.2, -0.15) is 0 Å². The average Bonchev–Trinajstić information content (AvgIpc) is 3.18. The highest BCUT2D eigenvalue weighted by atomic mass is 16.7. The van der Waals surface area contributed by atoms with Crippen molar-refractivity contribution in [2.75, 3.05) is 6.79 Å². The predicted molar refractivity (Wildman–Crippen MR) is 103 cm³/mol. The quantitative estimate of drug-likeness (QED) is 0.642. The van der Waals surface area contributed by atoms with Crippen molar-refractivity contribution in [2.24, 2.45) is 21.1 Å². The molecule has 3 heterocycles. The molecule has 3 aromatic rings. The first kappa shape index (κ1) is 18.5. The monoisotopic (exact) mass is 398 g/mol. The second-order valence-corrected chi connectivity index (χ2v) is 6.73. The van der Waals surface area contributed by atoms with E-state index < -0.39 is 22.7 Å². The first-order valence-electron chi connectivity index (χ1n) is 8.76. The van der Waals surface area contributed by atoms with Gasteiger partial charge in [-0.25, -0.2) is 4.79 Å². The molecule has 1 N–H and O–H groups in total. The van der Waals surface area contributed by atoms with Gasteiger partial charge in [0.25, 0.3) is 17.0 Å². The third kappa shape index (κ3) is 2.89. The summed E-state index contributed by atoms with van der Waals surface area (Å²) >= 11 is 0. The van der Waals surface area contributed by atoms with E-state index >= 15 is 0 Å². The molecule has 0 saturated carbocycles. The molecule has 1 amide bonds. The smallest absolute Gasteiger partial charge is 0.332 e. The zero-order valence-electron chi connectivity index (χ0n) is 16.0. The molecule has 4 rings (SSSR count). The molecular formula is C19H18N4O6. The predicted octanol–water partition coefficient (Wildman–Crippen LogP) is -0.405. The SMILES string of the molecule is Cn1c(=O)c2c(C(=O)NCc3ccc4c(c3)OCO4)cc(=O)n(C)c2n(C)c1=O. The number of hydrogen-bond donors (Lipinski definition) is 1. The zero-order valence-corrected chi connectivity index (χ0v) is 16.0. The Balaban J connectivity index is 1.76. The minimum Gasteiger partial charge on any atom is -0.454 e. The van der Waals surface area contributed by atoms with Crippen LogP contribution >= 0.6 is 0 Å². The van der Waals surface area contributed by atoms with Crippen molar-refractivity contribution in [3.63, 3.8) is 0 Å². The molecule has 0 radical (unpaired) electrons. The Morgan fingerprint density at radius 2 is 1.72 bits per heavy atom. The van der Waals surface area contributed by atoms with Crippen LogP contribution in [0.2, 0.25) is 0 Å². The maximum absolute atomic E-state index is 12.8. The third-order valence-corrected chi connectivity index (χ3v) is 4.95. The van der Waals surface area contributed by atoms with Gasteiger partial charge in [0.1, 0.15) is 5.65 Å². The number of pyridine rings is 1. The van der Waals surface area contributed by atoms with E-state index in [-0.39, 0.29) is 29.9 Å². The molecule has 0 unspecified atom stereocenters. The van der Waals surface area contributed by atoms with Gasteiger partial charge in [-0.1, -0.05) is 6.07 Å². The standard InChI is InChI=1S/C19H18N4O6/c1-21-14(24)7-11(15-17(21)22(2)19(27)23(3)18(15)26)16(25)20-8-10-4-5-12-13(6-10)29-9-28-12/h4-7H,8-9H2,1-3H3,(H,20,25). The van der Waals surface area contributed by atoms with Crippen LogP contribution in [-0.4, -0.2) is 26.4 Å². The topological polar surface area (TPSA) is 114 Å². The van der Waals surface area contributed by atoms with E-state index in [2.05, 4.69) is 5.32 Å². The lowest BCUT2D eigenvalue weighted by molar-refractivity contribution is 0.0952. The Kier molecular flexibility index (Phi) is 4.26. The van der Waals surface area contributed by atoms with Gasteiger partial charge in [-0.05, 0) is 17.7 Å². The van der Waals surface area contributed by atoms with E-state index in [0.29, 0.717) is 11.5 Å². The van der Waals surface area contributed by atoms with Gasteiger partial charge in [0.2, 0.25) is 6.79 Å². The lowest BCUT2D eigenvalue weighted by Gasteiger charge is -2.14. The molecule has 0 saturated heterocycles. The summed E-state index contributed by atoms with van der Waals surface area (Å²) in [6.45, 7) is 0.296. The van der Waals surface area contributed by atoms with Crippen LogP contribution in [0, 0.1) is 0 Å². The van der Waals surface area contributed by atoms with Crippen LogP contribution in [0.3, 0.4) is 0 Å². The fraction of sp³-hybridized carbons (Fsp3) is 0.263. The number of ether oxygens (including phenoxy) is 2. The van der Waals surface area contributed by atoms with Gasteiger partial charge in [0.15, 0.2) is 11.5 Å². The molecule has 0 bridgehead atoms. The summed E-state index contributed by atoms with van der Waals surface area (Å²) in [5, 5.41) is 2.71. The lowest BCUT2D eigenvalue weighted by atomic mass is 10.1. The van der Waals surface area contributed by atoms with Gasteiger partial charge in [-0.3, -0.25) is 28.1 Å². The van der Waals surface area contributed by atoms with E-state index in [9.17, 15) is 19.2 Å². The highest BCUT2D eigenvalue weighted by molar-refractivity contribution is 6.05. The summed E-state index contributed by atoms with van der Waals surface area (Å²) in [4.78, 5) is 50.1. The fourth-order valence-electron chi connectivity index (χ4n) is 3.37. The number of nitrogens with one attached hydrogen (secondary N) is 1. The number of benzene rings is 1. The molecule has 1 aliphatic heterocycles. The molecule has 0 fully saturated rings. The Morgan fingerprint density at radius 1 is 1.00 bits per heavy atom. The molecule has 29 heavy (non-hydrogen) atoms. The molecule has 2 aromatic heterocycles. The van der Waals surface area contributed by atoms with Crippen molar-refractivity contribution in [1.82, 2.24) is 19.0 Å². The van der Waals surface area contributed by atoms with Crippen molar-refractivity contribution in [2.45, 2.75) is 6.54 Å². The summed E-state index contributed by atoms with van der Waals surface area (Å²) in [6, 6.07) is 6.36. The van der Waals surface area contributed by atoms with E-state index in [1.165, 1.54) is 30.3 Å². The van der Waals surface area contributed by atoms with Gasteiger partial charge in [0, 0.05) is 33.8 Å². The minimum atomic E-state index is -0.646. The summed E-state index contributed by atoms with van der Waals surface area (Å²) in [6.07, 6.45) is 0. The molecule has 10 heteroatoms. The van der Waals surface area contributed by atoms with E-state index in [1.54, 1.807) is 18.2 Å². The number of aromatic nitrogens is 3. The lowest BCUT2D eigenvalue weighted by Crippen LogP contribution is -2.41. The summed E-state index contributed by atoms with van der Waals surface area (Å²) in [5.74, 6) is 0.614. The fourth-order valence-corrected chi connectivity index (χ4v) is 3.37. The maximum atomic E-state index is 12.8. The van der Waals surface area contributed by atoms with Crippen molar-refractivity contribution >= 4 is 16.9 Å². The van der Waals surface area contributed by atoms with Crippen LogP contribution in [0.4, 0.5) is 0 Å². The number of carbonyl (C=O) groups is 1. The van der Waals surface area contributed by atoms with Crippen molar-refractivity contribution in [3.05, 3.63) is 66.6 Å². The molecule has 0 spiro atoms. The van der Waals surface area contributed by atoms with Crippen LogP contribution in [0.15, 0.2) is 38.6 Å². The normalized spacial score (nSPS) is 12.4. The highest BCUT2D eigenvalue weighted by Gasteiger charge is 2.21. The summed E-state index contributed by atoms with van der Waals surface area (Å²) < 4.78 is 13.8. The average molecular weight is 398 g/mol. The number of carbonyl (C=O) groups excluding carboxylic acids is 1. The van der Waals surface area contributed by atoms with E-state index in [1.807, 2.05) is 0 Å². The van der Waals surface area contributed by atoms with E-state index in [0.717, 1.165) is 16.2 Å². The van der Waals surface area contributed by atoms with Crippen LogP contribution in [0.25, 0.3) is 11.0 Å². The number of rotatable bonds is 3. The molecule has 10 nitrogen and oxygen atoms in total. The second-order valence-electron chi connectivity index (χ2n) is 6.73. The number of hydrogen-bond acceptors (Lipinski definition) is 6. The maximum Gasteiger partial charge on any atom is 0.332 e. The Hall–Kier alpha value is -3.82.